The maximum Gasteiger partial charge on any atom is 0.128 e. The van der Waals surface area contributed by atoms with Gasteiger partial charge in [0.05, 0.1) is 0 Å². The molecular weight excluding hydrogens is 220 g/mol. The van der Waals surface area contributed by atoms with Crippen molar-refractivity contribution in [3.8, 4) is 0 Å². The van der Waals surface area contributed by atoms with E-state index >= 15 is 0 Å². The van der Waals surface area contributed by atoms with Gasteiger partial charge in [-0.3, -0.25) is 0 Å². The summed E-state index contributed by atoms with van der Waals surface area (Å²) in [6.45, 7) is 6.98. The Morgan fingerprint density at radius 1 is 1.18 bits per heavy atom. The Bertz CT molecular complexity index is 350. The second kappa shape index (κ2) is 6.70. The third-order valence-electron chi connectivity index (χ3n) is 2.82. The van der Waals surface area contributed by atoms with Gasteiger partial charge >= 0.3 is 0 Å². The van der Waals surface area contributed by atoms with Crippen molar-refractivity contribution in [3.63, 3.8) is 0 Å². The molecule has 1 aromatic rings. The van der Waals surface area contributed by atoms with Gasteiger partial charge in [-0.1, -0.05) is 20.8 Å². The molecule has 0 aromatic heterocycles. The van der Waals surface area contributed by atoms with Crippen molar-refractivity contribution in [1.29, 1.82) is 0 Å². The van der Waals surface area contributed by atoms with Gasteiger partial charge in [0.15, 0.2) is 0 Å². The molecule has 0 heterocycles. The average Bonchev–Trinajstić information content (AvgIpc) is 2.27. The van der Waals surface area contributed by atoms with Crippen LogP contribution in [0.15, 0.2) is 18.2 Å². The minimum atomic E-state index is -0.381. The van der Waals surface area contributed by atoms with Crippen LogP contribution < -0.4 is 5.32 Å². The number of benzene rings is 1. The van der Waals surface area contributed by atoms with Crippen LogP contribution in [0.25, 0.3) is 0 Å². The highest BCUT2D eigenvalue weighted by Gasteiger charge is 2.15. The molecule has 0 fully saturated rings. The fourth-order valence-electron chi connectivity index (χ4n) is 1.90. The molecule has 0 spiro atoms. The van der Waals surface area contributed by atoms with E-state index in [4.69, 9.17) is 0 Å². The number of halogens is 2. The fourth-order valence-corrected chi connectivity index (χ4v) is 1.90. The van der Waals surface area contributed by atoms with Crippen LogP contribution in [-0.4, -0.2) is 6.54 Å². The molecule has 0 aliphatic rings. The summed E-state index contributed by atoms with van der Waals surface area (Å²) >= 11 is 0. The standard InChI is InChI=1S/C14H21F2N/c1-4-17-14(8-5-10(2)3)12-9-11(15)6-7-13(12)16/h6-7,9-10,14,17H,4-5,8H2,1-3H3. The summed E-state index contributed by atoms with van der Waals surface area (Å²) in [5.41, 5.74) is 0.438. The van der Waals surface area contributed by atoms with Crippen LogP contribution in [0.3, 0.4) is 0 Å². The molecule has 0 saturated heterocycles. The van der Waals surface area contributed by atoms with Crippen LogP contribution >= 0.6 is 0 Å². The molecule has 0 aliphatic heterocycles. The first kappa shape index (κ1) is 14.1. The zero-order valence-electron chi connectivity index (χ0n) is 10.8. The minimum absolute atomic E-state index is 0.0990. The number of nitrogens with one attached hydrogen (secondary N) is 1. The second-order valence-corrected chi connectivity index (χ2v) is 4.75. The molecule has 17 heavy (non-hydrogen) atoms. The third kappa shape index (κ3) is 4.43. The molecule has 1 unspecified atom stereocenters. The molecule has 1 nitrogen and oxygen atoms in total. The van der Waals surface area contributed by atoms with Gasteiger partial charge in [0.2, 0.25) is 0 Å². The van der Waals surface area contributed by atoms with E-state index in [9.17, 15) is 8.78 Å². The Balaban J connectivity index is 2.84. The molecule has 3 heteroatoms. The van der Waals surface area contributed by atoms with Crippen molar-refractivity contribution in [3.05, 3.63) is 35.4 Å². The van der Waals surface area contributed by atoms with Gasteiger partial charge < -0.3 is 5.32 Å². The highest BCUT2D eigenvalue weighted by atomic mass is 19.1. The second-order valence-electron chi connectivity index (χ2n) is 4.75. The Labute approximate surface area is 102 Å². The largest absolute Gasteiger partial charge is 0.310 e. The van der Waals surface area contributed by atoms with Crippen molar-refractivity contribution >= 4 is 0 Å². The Morgan fingerprint density at radius 2 is 1.88 bits per heavy atom. The summed E-state index contributed by atoms with van der Waals surface area (Å²) in [6, 6.07) is 3.55. The first-order valence-corrected chi connectivity index (χ1v) is 6.23. The Morgan fingerprint density at radius 3 is 2.47 bits per heavy atom. The quantitative estimate of drug-likeness (QED) is 0.792. The van der Waals surface area contributed by atoms with Gasteiger partial charge in [-0.05, 0) is 43.5 Å². The summed E-state index contributed by atoms with van der Waals surface area (Å²) in [5, 5.41) is 3.22. The first-order valence-electron chi connectivity index (χ1n) is 6.23. The Kier molecular flexibility index (Phi) is 5.56. The first-order chi connectivity index (χ1) is 8.04. The average molecular weight is 241 g/mol. The zero-order valence-corrected chi connectivity index (χ0v) is 10.8. The van der Waals surface area contributed by atoms with E-state index in [2.05, 4.69) is 19.2 Å². The molecule has 96 valence electrons. The van der Waals surface area contributed by atoms with Gasteiger partial charge in [-0.15, -0.1) is 0 Å². The van der Waals surface area contributed by atoms with Gasteiger partial charge in [0.25, 0.3) is 0 Å². The normalized spacial score (nSPS) is 13.1. The summed E-state index contributed by atoms with van der Waals surface area (Å²) in [4.78, 5) is 0. The predicted octanol–water partition coefficient (Wildman–Crippen LogP) is 4.05. The monoisotopic (exact) mass is 241 g/mol. The van der Waals surface area contributed by atoms with Crippen LogP contribution in [0.2, 0.25) is 0 Å². The predicted molar refractivity (Wildman–Crippen MR) is 66.8 cm³/mol. The molecule has 1 N–H and O–H groups in total. The van der Waals surface area contributed by atoms with Gasteiger partial charge in [0.1, 0.15) is 11.6 Å². The van der Waals surface area contributed by atoms with Crippen molar-refractivity contribution in [2.24, 2.45) is 5.92 Å². The summed E-state index contributed by atoms with van der Waals surface area (Å²) in [5.74, 6) is -0.150. The molecule has 0 saturated carbocycles. The molecule has 0 aliphatic carbocycles. The van der Waals surface area contributed by atoms with Crippen LogP contribution in [-0.2, 0) is 0 Å². The van der Waals surface area contributed by atoms with E-state index in [0.717, 1.165) is 25.5 Å². The maximum atomic E-state index is 13.7. The third-order valence-corrected chi connectivity index (χ3v) is 2.82. The topological polar surface area (TPSA) is 12.0 Å². The molecular formula is C14H21F2N. The summed E-state index contributed by atoms with van der Waals surface area (Å²) in [6.07, 6.45) is 1.82. The lowest BCUT2D eigenvalue weighted by Crippen LogP contribution is -2.22. The number of hydrogen-bond donors (Lipinski definition) is 1. The lowest BCUT2D eigenvalue weighted by molar-refractivity contribution is 0.431. The highest BCUT2D eigenvalue weighted by Crippen LogP contribution is 2.24. The highest BCUT2D eigenvalue weighted by molar-refractivity contribution is 5.22. The molecule has 0 radical (unpaired) electrons. The SMILES string of the molecule is CCNC(CCC(C)C)c1cc(F)ccc1F. The summed E-state index contributed by atoms with van der Waals surface area (Å²) < 4.78 is 26.8. The van der Waals surface area contributed by atoms with Crippen molar-refractivity contribution in [1.82, 2.24) is 5.32 Å². The van der Waals surface area contributed by atoms with Crippen LogP contribution in [0.4, 0.5) is 8.78 Å². The van der Waals surface area contributed by atoms with Crippen molar-refractivity contribution < 1.29 is 8.78 Å². The van der Waals surface area contributed by atoms with Gasteiger partial charge in [-0.2, -0.15) is 0 Å². The van der Waals surface area contributed by atoms with E-state index in [0.29, 0.717) is 11.5 Å². The van der Waals surface area contributed by atoms with Gasteiger partial charge in [-0.25, -0.2) is 8.78 Å². The molecule has 0 amide bonds. The number of rotatable bonds is 6. The van der Waals surface area contributed by atoms with E-state index in [1.807, 2.05) is 6.92 Å². The lowest BCUT2D eigenvalue weighted by Gasteiger charge is -2.20. The smallest absolute Gasteiger partial charge is 0.128 e. The zero-order chi connectivity index (χ0) is 12.8. The number of hydrogen-bond acceptors (Lipinski definition) is 1. The van der Waals surface area contributed by atoms with Gasteiger partial charge in [0, 0.05) is 11.6 Å². The summed E-state index contributed by atoms with van der Waals surface area (Å²) in [7, 11) is 0. The fraction of sp³-hybridized carbons (Fsp3) is 0.571. The van der Waals surface area contributed by atoms with Crippen LogP contribution in [0.5, 0.6) is 0 Å². The maximum absolute atomic E-state index is 13.7. The van der Waals surface area contributed by atoms with Crippen LogP contribution in [0.1, 0.15) is 45.2 Å². The van der Waals surface area contributed by atoms with Crippen molar-refractivity contribution in [2.75, 3.05) is 6.54 Å². The van der Waals surface area contributed by atoms with E-state index in [1.165, 1.54) is 12.1 Å². The van der Waals surface area contributed by atoms with E-state index in [1.54, 1.807) is 0 Å². The van der Waals surface area contributed by atoms with E-state index in [-0.39, 0.29) is 17.7 Å². The molecule has 1 rings (SSSR count). The minimum Gasteiger partial charge on any atom is -0.310 e. The lowest BCUT2D eigenvalue weighted by atomic mass is 9.97. The van der Waals surface area contributed by atoms with Crippen molar-refractivity contribution in [2.45, 2.75) is 39.7 Å². The Hall–Kier alpha value is -0.960. The molecule has 1 atom stereocenters. The molecule has 1 aromatic carbocycles. The molecule has 0 bridgehead atoms. The van der Waals surface area contributed by atoms with E-state index < -0.39 is 0 Å². The van der Waals surface area contributed by atoms with Crippen LogP contribution in [0, 0.1) is 17.6 Å².